The van der Waals surface area contributed by atoms with Crippen molar-refractivity contribution in [2.75, 3.05) is 7.05 Å². The molecule has 19 heavy (non-hydrogen) atoms. The average molecular weight is 273 g/mol. The number of hydrogen-bond acceptors (Lipinski definition) is 4. The maximum absolute atomic E-state index is 11.7. The molecule has 2 N–H and O–H groups in total. The van der Waals surface area contributed by atoms with E-state index in [4.69, 9.17) is 15.2 Å². The van der Waals surface area contributed by atoms with E-state index in [1.807, 2.05) is 0 Å². The maximum Gasteiger partial charge on any atom is 0.437 e. The molecule has 0 atom stereocenters. The van der Waals surface area contributed by atoms with Crippen LogP contribution >= 0.6 is 0 Å². The molecule has 0 bridgehead atoms. The second-order valence-corrected chi connectivity index (χ2v) is 5.99. The van der Waals surface area contributed by atoms with Crippen LogP contribution in [0, 0.1) is 0 Å². The summed E-state index contributed by atoms with van der Waals surface area (Å²) >= 11 is 0. The van der Waals surface area contributed by atoms with Crippen LogP contribution in [0.25, 0.3) is 0 Å². The van der Waals surface area contributed by atoms with Gasteiger partial charge in [0.1, 0.15) is 11.2 Å². The molecule has 0 aliphatic carbocycles. The van der Waals surface area contributed by atoms with Crippen molar-refractivity contribution in [2.24, 2.45) is 10.7 Å². The van der Waals surface area contributed by atoms with E-state index in [0.717, 1.165) is 4.90 Å². The Morgan fingerprint density at radius 2 is 1.42 bits per heavy atom. The third-order valence-electron chi connectivity index (χ3n) is 1.61. The summed E-state index contributed by atoms with van der Waals surface area (Å²) in [5.74, 6) is -0.288. The topological polar surface area (TPSA) is 94.2 Å². The molecule has 0 saturated carbocycles. The van der Waals surface area contributed by atoms with Gasteiger partial charge >= 0.3 is 12.2 Å². The van der Waals surface area contributed by atoms with E-state index < -0.39 is 23.4 Å². The van der Waals surface area contributed by atoms with Gasteiger partial charge in [0.2, 0.25) is 5.96 Å². The Morgan fingerprint density at radius 3 is 1.79 bits per heavy atom. The highest BCUT2D eigenvalue weighted by atomic mass is 16.6. The molecule has 0 radical (unpaired) electrons. The smallest absolute Gasteiger partial charge is 0.437 e. The highest BCUT2D eigenvalue weighted by Crippen LogP contribution is 2.10. The molecule has 0 unspecified atom stereocenters. The van der Waals surface area contributed by atoms with Crippen LogP contribution in [0.2, 0.25) is 0 Å². The zero-order chi connectivity index (χ0) is 15.4. The Kier molecular flexibility index (Phi) is 5.34. The molecule has 0 aliphatic heterocycles. The number of carbonyl (C=O) groups excluding carboxylic acids is 2. The minimum absolute atomic E-state index is 0.288. The lowest BCUT2D eigenvalue weighted by Gasteiger charge is -2.24. The van der Waals surface area contributed by atoms with E-state index >= 15 is 0 Å². The largest absolute Gasteiger partial charge is 0.443 e. The summed E-state index contributed by atoms with van der Waals surface area (Å²) < 4.78 is 10.0. The number of aliphatic imine (C=N–C) groups is 1. The predicted molar refractivity (Wildman–Crippen MR) is 71.9 cm³/mol. The lowest BCUT2D eigenvalue weighted by molar-refractivity contribution is 0.0399. The van der Waals surface area contributed by atoms with Gasteiger partial charge in [-0.05, 0) is 41.5 Å². The van der Waals surface area contributed by atoms with Crippen LogP contribution in [0.15, 0.2) is 4.99 Å². The van der Waals surface area contributed by atoms with Crippen molar-refractivity contribution in [2.45, 2.75) is 52.7 Å². The highest BCUT2D eigenvalue weighted by Gasteiger charge is 2.23. The Balaban J connectivity index is 4.68. The van der Waals surface area contributed by atoms with Crippen molar-refractivity contribution < 1.29 is 19.1 Å². The molecule has 0 saturated heterocycles. The van der Waals surface area contributed by atoms with Gasteiger partial charge in [-0.15, -0.1) is 4.99 Å². The third kappa shape index (κ3) is 8.01. The number of amides is 2. The van der Waals surface area contributed by atoms with Crippen molar-refractivity contribution in [1.29, 1.82) is 0 Å². The van der Waals surface area contributed by atoms with Crippen LogP contribution in [-0.2, 0) is 9.47 Å². The Morgan fingerprint density at radius 1 is 1.00 bits per heavy atom. The Bertz CT molecular complexity index is 377. The van der Waals surface area contributed by atoms with Crippen LogP contribution in [0.5, 0.6) is 0 Å². The number of rotatable bonds is 0. The second kappa shape index (κ2) is 5.90. The number of hydrogen-bond donors (Lipinski definition) is 1. The fourth-order valence-electron chi connectivity index (χ4n) is 0.877. The number of ether oxygens (including phenoxy) is 2. The van der Waals surface area contributed by atoms with Gasteiger partial charge in [0, 0.05) is 7.05 Å². The summed E-state index contributed by atoms with van der Waals surface area (Å²) in [4.78, 5) is 27.5. The molecule has 0 spiro atoms. The van der Waals surface area contributed by atoms with Crippen molar-refractivity contribution in [1.82, 2.24) is 4.90 Å². The van der Waals surface area contributed by atoms with Crippen LogP contribution in [0.3, 0.4) is 0 Å². The van der Waals surface area contributed by atoms with E-state index in [1.165, 1.54) is 7.05 Å². The standard InChI is InChI=1S/C12H23N3O4/c1-11(2,3)18-9(16)14-8(13)15(7)10(17)19-12(4,5)6/h1-7H3,(H2,13,14,16). The van der Waals surface area contributed by atoms with Crippen molar-refractivity contribution >= 4 is 18.1 Å². The summed E-state index contributed by atoms with van der Waals surface area (Å²) in [7, 11) is 1.36. The molecular weight excluding hydrogens is 250 g/mol. The summed E-state index contributed by atoms with van der Waals surface area (Å²) in [6.45, 7) is 10.3. The van der Waals surface area contributed by atoms with Crippen LogP contribution in [-0.4, -0.2) is 41.3 Å². The van der Waals surface area contributed by atoms with Crippen molar-refractivity contribution in [3.05, 3.63) is 0 Å². The van der Waals surface area contributed by atoms with E-state index in [9.17, 15) is 9.59 Å². The Labute approximate surface area is 113 Å². The first-order chi connectivity index (χ1) is 8.32. The molecule has 0 aromatic carbocycles. The Hall–Kier alpha value is -1.79. The molecule has 110 valence electrons. The molecule has 0 aliphatic rings. The average Bonchev–Trinajstić information content (AvgIpc) is 2.10. The lowest BCUT2D eigenvalue weighted by atomic mass is 10.2. The number of nitrogens with two attached hydrogens (primary N) is 1. The minimum Gasteiger partial charge on any atom is -0.443 e. The zero-order valence-electron chi connectivity index (χ0n) is 12.6. The van der Waals surface area contributed by atoms with Gasteiger partial charge in [0.25, 0.3) is 0 Å². The predicted octanol–water partition coefficient (Wildman–Crippen LogP) is 2.10. The SMILES string of the molecule is CN(C(=O)OC(C)(C)C)C(N)=NC(=O)OC(C)(C)C. The molecule has 0 aromatic rings. The van der Waals surface area contributed by atoms with Gasteiger partial charge < -0.3 is 15.2 Å². The van der Waals surface area contributed by atoms with Crippen molar-refractivity contribution in [3.8, 4) is 0 Å². The van der Waals surface area contributed by atoms with Gasteiger partial charge in [-0.25, -0.2) is 9.59 Å². The van der Waals surface area contributed by atoms with Gasteiger partial charge in [-0.2, -0.15) is 0 Å². The molecule has 0 aromatic heterocycles. The first-order valence-corrected chi connectivity index (χ1v) is 5.86. The molecule has 7 heteroatoms. The second-order valence-electron chi connectivity index (χ2n) is 5.99. The first kappa shape index (κ1) is 17.2. The fourth-order valence-corrected chi connectivity index (χ4v) is 0.877. The molecule has 0 rings (SSSR count). The monoisotopic (exact) mass is 273 g/mol. The van der Waals surface area contributed by atoms with Crippen LogP contribution in [0.4, 0.5) is 9.59 Å². The number of guanidine groups is 1. The number of carbonyl (C=O) groups is 2. The normalized spacial score (nSPS) is 12.9. The quantitative estimate of drug-likeness (QED) is 0.538. The van der Waals surface area contributed by atoms with E-state index in [-0.39, 0.29) is 5.96 Å². The van der Waals surface area contributed by atoms with E-state index in [1.54, 1.807) is 41.5 Å². The first-order valence-electron chi connectivity index (χ1n) is 5.86. The van der Waals surface area contributed by atoms with E-state index in [2.05, 4.69) is 4.99 Å². The summed E-state index contributed by atoms with van der Waals surface area (Å²) in [6.07, 6.45) is -1.56. The van der Waals surface area contributed by atoms with Crippen LogP contribution in [0.1, 0.15) is 41.5 Å². The maximum atomic E-state index is 11.7. The fraction of sp³-hybridized carbons (Fsp3) is 0.750. The molecule has 0 heterocycles. The highest BCUT2D eigenvalue weighted by molar-refractivity contribution is 5.97. The summed E-state index contributed by atoms with van der Waals surface area (Å²) in [5, 5.41) is 0. The lowest BCUT2D eigenvalue weighted by Crippen LogP contribution is -2.42. The van der Waals surface area contributed by atoms with E-state index in [0.29, 0.717) is 0 Å². The number of nitrogens with zero attached hydrogens (tertiary/aromatic N) is 2. The molecule has 7 nitrogen and oxygen atoms in total. The summed E-state index contributed by atoms with van der Waals surface area (Å²) in [6, 6.07) is 0. The van der Waals surface area contributed by atoms with Crippen LogP contribution < -0.4 is 5.73 Å². The molecular formula is C12H23N3O4. The van der Waals surface area contributed by atoms with Gasteiger partial charge in [-0.3, -0.25) is 4.90 Å². The third-order valence-corrected chi connectivity index (χ3v) is 1.61. The zero-order valence-corrected chi connectivity index (χ0v) is 12.6. The van der Waals surface area contributed by atoms with Crippen molar-refractivity contribution in [3.63, 3.8) is 0 Å². The molecule has 2 amide bonds. The molecule has 0 fully saturated rings. The summed E-state index contributed by atoms with van der Waals surface area (Å²) in [5.41, 5.74) is 4.20. The van der Waals surface area contributed by atoms with Gasteiger partial charge in [-0.1, -0.05) is 0 Å². The minimum atomic E-state index is -0.861. The van der Waals surface area contributed by atoms with Gasteiger partial charge in [0.15, 0.2) is 0 Å². The van der Waals surface area contributed by atoms with Gasteiger partial charge in [0.05, 0.1) is 0 Å².